The molecule has 0 fully saturated rings. The molecule has 0 saturated carbocycles. The zero-order chi connectivity index (χ0) is 18.6. The molecule has 0 radical (unpaired) electrons. The van der Waals surface area contributed by atoms with Crippen LogP contribution in [0.1, 0.15) is 16.1 Å². The Morgan fingerprint density at radius 1 is 0.889 bits per heavy atom. The molecule has 0 atom stereocenters. The van der Waals surface area contributed by atoms with Gasteiger partial charge in [0.05, 0.1) is 5.52 Å². The molecule has 4 heteroatoms. The largest absolute Gasteiger partial charge is 0.488 e. The van der Waals surface area contributed by atoms with Crippen molar-refractivity contribution in [3.63, 3.8) is 0 Å². The Hall–Kier alpha value is -3.66. The van der Waals surface area contributed by atoms with Crippen molar-refractivity contribution in [1.29, 1.82) is 0 Å². The van der Waals surface area contributed by atoms with Crippen molar-refractivity contribution < 1.29 is 14.6 Å². The smallest absolute Gasteiger partial charge is 0.354 e. The lowest BCUT2D eigenvalue weighted by molar-refractivity contribution is 0.0690. The molecule has 0 aliphatic carbocycles. The summed E-state index contributed by atoms with van der Waals surface area (Å²) >= 11 is 0. The maximum atomic E-state index is 11.6. The number of nitrogens with zero attached hydrogens (tertiary/aromatic N) is 1. The molecule has 0 aliphatic rings. The van der Waals surface area contributed by atoms with Crippen molar-refractivity contribution in [2.45, 2.75) is 6.61 Å². The van der Waals surface area contributed by atoms with Gasteiger partial charge in [-0.15, -0.1) is 0 Å². The van der Waals surface area contributed by atoms with Crippen molar-refractivity contribution in [2.75, 3.05) is 0 Å². The third-order valence-corrected chi connectivity index (χ3v) is 4.34. The van der Waals surface area contributed by atoms with E-state index >= 15 is 0 Å². The van der Waals surface area contributed by atoms with Crippen molar-refractivity contribution in [3.8, 4) is 16.9 Å². The summed E-state index contributed by atoms with van der Waals surface area (Å²) in [5, 5.41) is 10.3. The number of hydrogen-bond acceptors (Lipinski definition) is 3. The molecule has 0 unspecified atom stereocenters. The van der Waals surface area contributed by atoms with Crippen LogP contribution in [0, 0.1) is 0 Å². The van der Waals surface area contributed by atoms with Crippen molar-refractivity contribution in [2.24, 2.45) is 0 Å². The molecule has 1 heterocycles. The van der Waals surface area contributed by atoms with E-state index in [0.29, 0.717) is 17.9 Å². The summed E-state index contributed by atoms with van der Waals surface area (Å²) in [7, 11) is 0. The lowest BCUT2D eigenvalue weighted by Gasteiger charge is -2.13. The van der Waals surface area contributed by atoms with Crippen LogP contribution < -0.4 is 4.74 Å². The minimum atomic E-state index is -1.08. The number of para-hydroxylation sites is 1. The Morgan fingerprint density at radius 2 is 1.59 bits per heavy atom. The van der Waals surface area contributed by atoms with Gasteiger partial charge in [0.15, 0.2) is 5.69 Å². The summed E-state index contributed by atoms with van der Waals surface area (Å²) in [6.45, 7) is 0.356. The first-order chi connectivity index (χ1) is 13.2. The maximum absolute atomic E-state index is 11.6. The van der Waals surface area contributed by atoms with Crippen molar-refractivity contribution in [3.05, 3.63) is 96.2 Å². The van der Waals surface area contributed by atoms with E-state index < -0.39 is 5.97 Å². The first-order valence-electron chi connectivity index (χ1n) is 8.61. The molecular formula is C23H17NO3. The minimum absolute atomic E-state index is 0.0334. The number of pyridine rings is 1. The lowest BCUT2D eigenvalue weighted by atomic mass is 10.0. The number of ether oxygens (including phenoxy) is 1. The van der Waals surface area contributed by atoms with Crippen molar-refractivity contribution in [1.82, 2.24) is 4.98 Å². The van der Waals surface area contributed by atoms with E-state index in [4.69, 9.17) is 4.74 Å². The van der Waals surface area contributed by atoms with Gasteiger partial charge in [-0.05, 0) is 17.2 Å². The summed E-state index contributed by atoms with van der Waals surface area (Å²) in [5.74, 6) is -0.566. The van der Waals surface area contributed by atoms with Crippen LogP contribution in [-0.4, -0.2) is 16.1 Å². The molecule has 1 aromatic heterocycles. The second kappa shape index (κ2) is 7.30. The molecule has 132 valence electrons. The molecule has 4 nitrogen and oxygen atoms in total. The fourth-order valence-corrected chi connectivity index (χ4v) is 3.03. The van der Waals surface area contributed by atoms with Gasteiger partial charge in [0.1, 0.15) is 12.4 Å². The van der Waals surface area contributed by atoms with Crippen LogP contribution in [0.5, 0.6) is 5.75 Å². The van der Waals surface area contributed by atoms with Crippen molar-refractivity contribution >= 4 is 16.9 Å². The van der Waals surface area contributed by atoms with E-state index in [0.717, 1.165) is 22.1 Å². The van der Waals surface area contributed by atoms with Gasteiger partial charge in [-0.3, -0.25) is 0 Å². The SMILES string of the molecule is O=C(O)c1cc(OCc2ccccc2)c2cccc(-c3ccccc3)c2n1. The average molecular weight is 355 g/mol. The van der Waals surface area contributed by atoms with Crippen LogP contribution >= 0.6 is 0 Å². The third-order valence-electron chi connectivity index (χ3n) is 4.34. The number of aromatic nitrogens is 1. The number of aromatic carboxylic acids is 1. The van der Waals surface area contributed by atoms with Crippen LogP contribution in [0.4, 0.5) is 0 Å². The molecule has 0 spiro atoms. The number of carboxylic acids is 1. The average Bonchev–Trinajstić information content (AvgIpc) is 2.72. The normalized spacial score (nSPS) is 10.7. The highest BCUT2D eigenvalue weighted by molar-refractivity contribution is 6.00. The van der Waals surface area contributed by atoms with E-state index in [1.165, 1.54) is 6.07 Å². The highest BCUT2D eigenvalue weighted by atomic mass is 16.5. The van der Waals surface area contributed by atoms with Gasteiger partial charge in [0.25, 0.3) is 0 Å². The van der Waals surface area contributed by atoms with Crippen LogP contribution in [0.3, 0.4) is 0 Å². The molecule has 0 amide bonds. The summed E-state index contributed by atoms with van der Waals surface area (Å²) in [6.07, 6.45) is 0. The Bertz CT molecular complexity index is 1090. The first-order valence-corrected chi connectivity index (χ1v) is 8.61. The zero-order valence-corrected chi connectivity index (χ0v) is 14.5. The van der Waals surface area contributed by atoms with Gasteiger partial charge in [-0.25, -0.2) is 9.78 Å². The van der Waals surface area contributed by atoms with E-state index in [1.807, 2.05) is 78.9 Å². The molecule has 4 rings (SSSR count). The molecule has 4 aromatic rings. The number of fused-ring (bicyclic) bond motifs is 1. The quantitative estimate of drug-likeness (QED) is 0.536. The topological polar surface area (TPSA) is 59.4 Å². The molecule has 27 heavy (non-hydrogen) atoms. The van der Waals surface area contributed by atoms with E-state index in [9.17, 15) is 9.90 Å². The van der Waals surface area contributed by atoms with Crippen LogP contribution in [0.15, 0.2) is 84.9 Å². The van der Waals surface area contributed by atoms with Gasteiger partial charge in [0.2, 0.25) is 0 Å². The zero-order valence-electron chi connectivity index (χ0n) is 14.5. The van der Waals surface area contributed by atoms with E-state index in [2.05, 4.69) is 4.98 Å². The summed E-state index contributed by atoms with van der Waals surface area (Å²) in [6, 6.07) is 26.8. The highest BCUT2D eigenvalue weighted by Crippen LogP contribution is 2.33. The predicted octanol–water partition coefficient (Wildman–Crippen LogP) is 5.18. The maximum Gasteiger partial charge on any atom is 0.354 e. The second-order valence-electron chi connectivity index (χ2n) is 6.15. The minimum Gasteiger partial charge on any atom is -0.488 e. The van der Waals surface area contributed by atoms with Crippen LogP contribution in [-0.2, 0) is 6.61 Å². The fraction of sp³-hybridized carbons (Fsp3) is 0.0435. The number of hydrogen-bond donors (Lipinski definition) is 1. The third kappa shape index (κ3) is 3.51. The standard InChI is InChI=1S/C23H17NO3/c25-23(26)20-14-21(27-15-16-8-3-1-4-9-16)19-13-7-12-18(22(19)24-20)17-10-5-2-6-11-17/h1-14H,15H2,(H,25,26). The van der Waals surface area contributed by atoms with Gasteiger partial charge in [-0.2, -0.15) is 0 Å². The fourth-order valence-electron chi connectivity index (χ4n) is 3.03. The lowest BCUT2D eigenvalue weighted by Crippen LogP contribution is -2.04. The number of carbonyl (C=O) groups is 1. The first kappa shape index (κ1) is 16.8. The highest BCUT2D eigenvalue weighted by Gasteiger charge is 2.15. The number of carboxylic acid groups (broad SMARTS) is 1. The molecule has 1 N–H and O–H groups in total. The molecule has 0 bridgehead atoms. The summed E-state index contributed by atoms with van der Waals surface area (Å²) in [5.41, 5.74) is 3.45. The Labute approximate surface area is 156 Å². The summed E-state index contributed by atoms with van der Waals surface area (Å²) in [4.78, 5) is 16.0. The van der Waals surface area contributed by atoms with E-state index in [-0.39, 0.29) is 5.69 Å². The second-order valence-corrected chi connectivity index (χ2v) is 6.15. The molecule has 0 saturated heterocycles. The summed E-state index contributed by atoms with van der Waals surface area (Å²) < 4.78 is 5.98. The van der Waals surface area contributed by atoms with Gasteiger partial charge >= 0.3 is 5.97 Å². The van der Waals surface area contributed by atoms with Gasteiger partial charge in [-0.1, -0.05) is 72.8 Å². The predicted molar refractivity (Wildman–Crippen MR) is 105 cm³/mol. The Morgan fingerprint density at radius 3 is 2.30 bits per heavy atom. The monoisotopic (exact) mass is 355 g/mol. The number of benzene rings is 3. The number of rotatable bonds is 5. The Kier molecular flexibility index (Phi) is 4.54. The van der Waals surface area contributed by atoms with E-state index in [1.54, 1.807) is 0 Å². The van der Waals surface area contributed by atoms with Crippen LogP contribution in [0.25, 0.3) is 22.0 Å². The molecular weight excluding hydrogens is 338 g/mol. The molecule has 0 aliphatic heterocycles. The van der Waals surface area contributed by atoms with Gasteiger partial charge < -0.3 is 9.84 Å². The van der Waals surface area contributed by atoms with Crippen LogP contribution in [0.2, 0.25) is 0 Å². The van der Waals surface area contributed by atoms with Gasteiger partial charge in [0, 0.05) is 17.0 Å². The molecule has 3 aromatic carbocycles. The Balaban J connectivity index is 1.84.